The van der Waals surface area contributed by atoms with Gasteiger partial charge in [-0.05, 0) is 61.4 Å². The van der Waals surface area contributed by atoms with E-state index < -0.39 is 5.95 Å². The molecule has 1 aliphatic heterocycles. The third kappa shape index (κ3) is 4.40. The van der Waals surface area contributed by atoms with Crippen molar-refractivity contribution in [2.75, 3.05) is 31.1 Å². The molecule has 176 valence electrons. The first-order valence-electron chi connectivity index (χ1n) is 12.0. The summed E-state index contributed by atoms with van der Waals surface area (Å²) in [6.07, 6.45) is 5.99. The molecule has 0 spiro atoms. The van der Waals surface area contributed by atoms with E-state index in [0.717, 1.165) is 60.9 Å². The number of aromatic nitrogens is 3. The fourth-order valence-electron chi connectivity index (χ4n) is 4.61. The van der Waals surface area contributed by atoms with Gasteiger partial charge in [-0.3, -0.25) is 19.5 Å². The number of carbonyl (C=O) groups excluding carboxylic acids is 1. The van der Waals surface area contributed by atoms with Crippen molar-refractivity contribution in [3.63, 3.8) is 0 Å². The zero-order valence-corrected chi connectivity index (χ0v) is 18.9. The molecular weight excluding hydrogens is 435 g/mol. The number of hydrogen-bond donors (Lipinski definition) is 2. The Hall–Kier alpha value is -3.33. The maximum Gasteiger partial charge on any atom is 0.270 e. The number of nitrogens with one attached hydrogen (secondary N) is 2. The molecular formula is C25H27FN6O2. The van der Waals surface area contributed by atoms with E-state index >= 15 is 0 Å². The summed E-state index contributed by atoms with van der Waals surface area (Å²) in [6, 6.07) is 7.39. The van der Waals surface area contributed by atoms with Crippen LogP contribution in [-0.4, -0.2) is 58.0 Å². The maximum absolute atomic E-state index is 14.7. The monoisotopic (exact) mass is 462 g/mol. The second-order valence-electron chi connectivity index (χ2n) is 9.62. The molecule has 3 fully saturated rings. The second-order valence-corrected chi connectivity index (χ2v) is 9.62. The number of halogens is 1. The number of fused-ring (bicyclic) bond motifs is 1. The van der Waals surface area contributed by atoms with Crippen molar-refractivity contribution >= 4 is 22.6 Å². The molecule has 3 aliphatic rings. The Morgan fingerprint density at radius 3 is 2.62 bits per heavy atom. The van der Waals surface area contributed by atoms with Crippen molar-refractivity contribution in [1.82, 2.24) is 25.2 Å². The number of amides is 1. The fourth-order valence-corrected chi connectivity index (χ4v) is 4.61. The molecule has 6 rings (SSSR count). The van der Waals surface area contributed by atoms with Crippen LogP contribution in [-0.2, 0) is 6.54 Å². The number of H-pyrrole nitrogens is 1. The minimum Gasteiger partial charge on any atom is -0.365 e. The smallest absolute Gasteiger partial charge is 0.270 e. The number of pyridine rings is 3. The Morgan fingerprint density at radius 2 is 1.91 bits per heavy atom. The van der Waals surface area contributed by atoms with E-state index in [2.05, 4.69) is 25.2 Å². The first kappa shape index (κ1) is 21.2. The number of anilines is 1. The Bertz CT molecular complexity index is 1310. The normalized spacial score (nSPS) is 18.9. The van der Waals surface area contributed by atoms with Crippen LogP contribution < -0.4 is 15.8 Å². The number of rotatable bonds is 6. The molecule has 8 nitrogen and oxygen atoms in total. The first-order valence-corrected chi connectivity index (χ1v) is 12.0. The molecule has 4 heterocycles. The Morgan fingerprint density at radius 1 is 1.12 bits per heavy atom. The van der Waals surface area contributed by atoms with Gasteiger partial charge in [0.05, 0.1) is 16.7 Å². The molecule has 2 saturated carbocycles. The van der Waals surface area contributed by atoms with Crippen molar-refractivity contribution in [1.29, 1.82) is 0 Å². The lowest BCUT2D eigenvalue weighted by atomic mass is 10.1. The van der Waals surface area contributed by atoms with E-state index in [9.17, 15) is 14.0 Å². The summed E-state index contributed by atoms with van der Waals surface area (Å²) in [5.74, 6) is -0.529. The second kappa shape index (κ2) is 8.47. The highest BCUT2D eigenvalue weighted by Gasteiger charge is 2.27. The van der Waals surface area contributed by atoms with E-state index in [0.29, 0.717) is 31.2 Å². The Balaban J connectivity index is 1.09. The summed E-state index contributed by atoms with van der Waals surface area (Å²) >= 11 is 0. The maximum atomic E-state index is 14.7. The van der Waals surface area contributed by atoms with E-state index in [1.165, 1.54) is 0 Å². The van der Waals surface area contributed by atoms with Crippen LogP contribution in [0.5, 0.6) is 0 Å². The third-order valence-corrected chi connectivity index (χ3v) is 6.89. The van der Waals surface area contributed by atoms with Gasteiger partial charge >= 0.3 is 0 Å². The molecule has 0 radical (unpaired) electrons. The summed E-state index contributed by atoms with van der Waals surface area (Å²) < 4.78 is 14.7. The minimum absolute atomic E-state index is 0.00533. The molecule has 1 amide bonds. The summed E-state index contributed by atoms with van der Waals surface area (Å²) in [6.45, 7) is 3.56. The number of nitrogens with zero attached hydrogens (tertiary/aromatic N) is 4. The van der Waals surface area contributed by atoms with E-state index in [4.69, 9.17) is 0 Å². The van der Waals surface area contributed by atoms with Gasteiger partial charge in [-0.25, -0.2) is 4.98 Å². The van der Waals surface area contributed by atoms with Gasteiger partial charge in [-0.1, -0.05) is 0 Å². The topological polar surface area (TPSA) is 94.2 Å². The molecule has 2 aliphatic carbocycles. The van der Waals surface area contributed by atoms with Gasteiger partial charge in [-0.15, -0.1) is 0 Å². The highest BCUT2D eigenvalue weighted by atomic mass is 19.1. The van der Waals surface area contributed by atoms with Crippen molar-refractivity contribution in [2.45, 2.75) is 44.2 Å². The molecule has 0 aromatic carbocycles. The van der Waals surface area contributed by atoms with Crippen LogP contribution in [0.4, 0.5) is 10.1 Å². The molecule has 9 heteroatoms. The number of carbonyl (C=O) groups is 1. The summed E-state index contributed by atoms with van der Waals surface area (Å²) in [5.41, 5.74) is 4.03. The molecule has 0 bridgehead atoms. The van der Waals surface area contributed by atoms with E-state index in [1.54, 1.807) is 12.1 Å². The van der Waals surface area contributed by atoms with Crippen LogP contribution in [0.2, 0.25) is 0 Å². The van der Waals surface area contributed by atoms with E-state index in [-0.39, 0.29) is 23.2 Å². The average molecular weight is 463 g/mol. The molecule has 34 heavy (non-hydrogen) atoms. The molecule has 0 atom stereocenters. The highest BCUT2D eigenvalue weighted by molar-refractivity contribution is 5.92. The zero-order chi connectivity index (χ0) is 23.2. The summed E-state index contributed by atoms with van der Waals surface area (Å²) in [7, 11) is 0. The van der Waals surface area contributed by atoms with Gasteiger partial charge in [0.1, 0.15) is 5.69 Å². The summed E-state index contributed by atoms with van der Waals surface area (Å²) in [4.78, 5) is 40.2. The van der Waals surface area contributed by atoms with Crippen molar-refractivity contribution in [3.8, 4) is 0 Å². The molecule has 3 aromatic rings. The Kier molecular flexibility index (Phi) is 5.28. The van der Waals surface area contributed by atoms with Gasteiger partial charge in [0.2, 0.25) is 5.95 Å². The molecule has 0 unspecified atom stereocenters. The number of piperazine rings is 1. The fraction of sp³-hybridized carbons (Fsp3) is 0.440. The first-order chi connectivity index (χ1) is 16.5. The van der Waals surface area contributed by atoms with Gasteiger partial charge in [0.15, 0.2) is 0 Å². The lowest BCUT2D eigenvalue weighted by Crippen LogP contribution is -2.46. The standard InChI is InChI=1S/C25H27FN6O2/c26-23-22(6-5-19(29-23)25(34)28-17-3-4-17)32-9-7-31(8-10-32)14-15-11-21-20(27-13-15)12-18(16-1-2-16)24(33)30-21/h5-6,11-13,16-17H,1-4,7-10,14H2,(H,28,34)(H,30,33). The van der Waals surface area contributed by atoms with Gasteiger partial charge in [0, 0.05) is 50.5 Å². The quantitative estimate of drug-likeness (QED) is 0.547. The van der Waals surface area contributed by atoms with Gasteiger partial charge in [-0.2, -0.15) is 4.39 Å². The highest BCUT2D eigenvalue weighted by Crippen LogP contribution is 2.38. The van der Waals surface area contributed by atoms with E-state index in [1.807, 2.05) is 23.2 Å². The number of hydrogen-bond acceptors (Lipinski definition) is 6. The Labute approximate surface area is 196 Å². The predicted octanol–water partition coefficient (Wildman–Crippen LogP) is 2.55. The SMILES string of the molecule is O=C(NC1CC1)c1ccc(N2CCN(Cc3cnc4cc(C5CC5)c(=O)[nH]c4c3)CC2)c(F)n1. The van der Waals surface area contributed by atoms with Gasteiger partial charge in [0.25, 0.3) is 11.5 Å². The average Bonchev–Trinajstić information content (AvgIpc) is 3.75. The number of aromatic amines is 1. The molecule has 3 aromatic heterocycles. The lowest BCUT2D eigenvalue weighted by molar-refractivity contribution is 0.0945. The minimum atomic E-state index is -0.606. The van der Waals surface area contributed by atoms with Crippen LogP contribution in [0.15, 0.2) is 35.3 Å². The van der Waals surface area contributed by atoms with Crippen LogP contribution >= 0.6 is 0 Å². The summed E-state index contributed by atoms with van der Waals surface area (Å²) in [5, 5.41) is 2.84. The van der Waals surface area contributed by atoms with Crippen LogP contribution in [0.25, 0.3) is 11.0 Å². The largest absolute Gasteiger partial charge is 0.365 e. The van der Waals surface area contributed by atoms with Crippen molar-refractivity contribution < 1.29 is 9.18 Å². The van der Waals surface area contributed by atoms with Crippen molar-refractivity contribution in [3.05, 3.63) is 63.6 Å². The zero-order valence-electron chi connectivity index (χ0n) is 18.9. The molecule has 2 N–H and O–H groups in total. The predicted molar refractivity (Wildman–Crippen MR) is 127 cm³/mol. The van der Waals surface area contributed by atoms with Crippen LogP contribution in [0, 0.1) is 5.95 Å². The van der Waals surface area contributed by atoms with Crippen LogP contribution in [0.1, 0.15) is 53.2 Å². The third-order valence-electron chi connectivity index (χ3n) is 6.89. The van der Waals surface area contributed by atoms with Crippen LogP contribution in [0.3, 0.4) is 0 Å². The van der Waals surface area contributed by atoms with Gasteiger partial charge < -0.3 is 15.2 Å². The molecule has 1 saturated heterocycles. The van der Waals surface area contributed by atoms with Crippen molar-refractivity contribution in [2.24, 2.45) is 0 Å². The lowest BCUT2D eigenvalue weighted by Gasteiger charge is -2.36.